The second-order valence-electron chi connectivity index (χ2n) is 11.9. The number of alkyl halides is 1. The summed E-state index contributed by atoms with van der Waals surface area (Å²) in [7, 11) is 0. The molecule has 2 aliphatic carbocycles. The van der Waals surface area contributed by atoms with Crippen LogP contribution in [0.5, 0.6) is 0 Å². The number of oxazole rings is 1. The van der Waals surface area contributed by atoms with Gasteiger partial charge in [-0.2, -0.15) is 0 Å². The fourth-order valence-corrected chi connectivity index (χ4v) is 7.06. The lowest BCUT2D eigenvalue weighted by Gasteiger charge is -2.18. The number of carboxylic acids is 1. The van der Waals surface area contributed by atoms with Gasteiger partial charge >= 0.3 is 5.97 Å². The minimum absolute atomic E-state index is 0.187. The summed E-state index contributed by atoms with van der Waals surface area (Å²) in [5.41, 5.74) is 10.3. The van der Waals surface area contributed by atoms with Gasteiger partial charge in [0, 0.05) is 0 Å². The molecule has 6 rings (SSSR count). The SMILES string of the molecule is O=C(O)c1ccc2c(c1)CCCC(c1ccc3ocnc3c1)=C2c1ccc(C[C@H]2CCC(CCCCCF)C2)cc1. The van der Waals surface area contributed by atoms with Crippen LogP contribution in [0.2, 0.25) is 0 Å². The van der Waals surface area contributed by atoms with E-state index in [0.717, 1.165) is 83.7 Å². The number of rotatable bonds is 10. The van der Waals surface area contributed by atoms with Gasteiger partial charge in [-0.3, -0.25) is 4.39 Å². The highest BCUT2D eigenvalue weighted by atomic mass is 19.1. The lowest BCUT2D eigenvalue weighted by molar-refractivity contribution is 0.0696. The zero-order valence-electron chi connectivity index (χ0n) is 23.6. The molecule has 2 atom stereocenters. The lowest BCUT2D eigenvalue weighted by Crippen LogP contribution is -2.03. The molecule has 1 fully saturated rings. The third kappa shape index (κ3) is 6.14. The first-order valence-electron chi connectivity index (χ1n) is 15.2. The van der Waals surface area contributed by atoms with E-state index < -0.39 is 5.97 Å². The van der Waals surface area contributed by atoms with Gasteiger partial charge in [-0.25, -0.2) is 9.78 Å². The van der Waals surface area contributed by atoms with Crippen molar-refractivity contribution in [2.75, 3.05) is 6.67 Å². The Balaban J connectivity index is 1.30. The third-order valence-electron chi connectivity index (χ3n) is 9.14. The molecule has 0 bridgehead atoms. The van der Waals surface area contributed by atoms with E-state index in [9.17, 15) is 14.3 Å². The number of nitrogens with zero attached hydrogens (tertiary/aromatic N) is 1. The summed E-state index contributed by atoms with van der Waals surface area (Å²) in [6.45, 7) is -0.187. The zero-order valence-corrected chi connectivity index (χ0v) is 23.6. The summed E-state index contributed by atoms with van der Waals surface area (Å²) in [4.78, 5) is 16.1. The Morgan fingerprint density at radius 3 is 2.59 bits per heavy atom. The van der Waals surface area contributed by atoms with Crippen LogP contribution in [0.3, 0.4) is 0 Å². The highest BCUT2D eigenvalue weighted by molar-refractivity contribution is 6.01. The second-order valence-corrected chi connectivity index (χ2v) is 11.9. The second kappa shape index (κ2) is 12.4. The maximum Gasteiger partial charge on any atom is 0.335 e. The Labute approximate surface area is 241 Å². The van der Waals surface area contributed by atoms with E-state index in [1.54, 1.807) is 6.07 Å². The van der Waals surface area contributed by atoms with E-state index in [0.29, 0.717) is 12.0 Å². The van der Waals surface area contributed by atoms with Crippen molar-refractivity contribution in [1.82, 2.24) is 4.98 Å². The number of hydrogen-bond donors (Lipinski definition) is 1. The van der Waals surface area contributed by atoms with Crippen molar-refractivity contribution in [2.24, 2.45) is 11.8 Å². The summed E-state index contributed by atoms with van der Waals surface area (Å²) in [5.74, 6) is 0.633. The first kappa shape index (κ1) is 27.4. The van der Waals surface area contributed by atoms with Gasteiger partial charge in [-0.15, -0.1) is 0 Å². The Hall–Kier alpha value is -3.73. The molecule has 1 heterocycles. The van der Waals surface area contributed by atoms with Crippen LogP contribution in [-0.2, 0) is 12.8 Å². The smallest absolute Gasteiger partial charge is 0.335 e. The largest absolute Gasteiger partial charge is 0.478 e. The van der Waals surface area contributed by atoms with Gasteiger partial charge in [0.1, 0.15) is 5.52 Å². The number of aryl methyl sites for hydroxylation is 1. The molecule has 0 radical (unpaired) electrons. The Morgan fingerprint density at radius 1 is 0.927 bits per heavy atom. The van der Waals surface area contributed by atoms with Gasteiger partial charge in [0.15, 0.2) is 12.0 Å². The molecule has 1 N–H and O–H groups in total. The molecule has 1 saturated carbocycles. The first-order chi connectivity index (χ1) is 20.1. The van der Waals surface area contributed by atoms with Gasteiger partial charge in [0.05, 0.1) is 12.2 Å². The number of allylic oxidation sites excluding steroid dienone is 1. The quantitative estimate of drug-likeness (QED) is 0.200. The molecule has 1 aromatic heterocycles. The number of unbranched alkanes of at least 4 members (excludes halogenated alkanes) is 2. The molecule has 2 aliphatic rings. The number of fused-ring (bicyclic) bond motifs is 2. The molecular formula is C36H38FNO3. The summed E-state index contributed by atoms with van der Waals surface area (Å²) in [5, 5.41) is 9.64. The van der Waals surface area contributed by atoms with Gasteiger partial charge in [0.25, 0.3) is 0 Å². The molecule has 0 saturated heterocycles. The Kier molecular flexibility index (Phi) is 8.31. The minimum atomic E-state index is -0.891. The molecule has 0 amide bonds. The average molecular weight is 552 g/mol. The number of halogens is 1. The molecule has 1 unspecified atom stereocenters. The fraction of sp³-hybridized carbons (Fsp3) is 0.389. The van der Waals surface area contributed by atoms with Gasteiger partial charge in [-0.05, 0) is 120 Å². The predicted molar refractivity (Wildman–Crippen MR) is 162 cm³/mol. The molecule has 0 aliphatic heterocycles. The van der Waals surface area contributed by atoms with Crippen LogP contribution >= 0.6 is 0 Å². The van der Waals surface area contributed by atoms with Crippen LogP contribution in [0.25, 0.3) is 22.2 Å². The van der Waals surface area contributed by atoms with E-state index in [2.05, 4.69) is 41.4 Å². The number of carboxylic acid groups (broad SMARTS) is 1. The van der Waals surface area contributed by atoms with Gasteiger partial charge < -0.3 is 9.52 Å². The standard InChI is InChI=1S/C36H38FNO3/c37-18-3-1-2-5-24-8-9-26(19-24)20-25-10-12-27(13-11-25)35-31(29-15-17-34-33(22-29)38-23-41-34)7-4-6-28-21-30(36(39)40)14-16-32(28)35/h10-17,21-24,26H,1-9,18-20H2,(H,39,40)/t24?,26-/m0/s1. The average Bonchev–Trinajstić information content (AvgIpc) is 3.60. The summed E-state index contributed by atoms with van der Waals surface area (Å²) >= 11 is 0. The van der Waals surface area contributed by atoms with Crippen molar-refractivity contribution in [3.63, 3.8) is 0 Å². The maximum absolute atomic E-state index is 12.4. The molecule has 0 spiro atoms. The van der Waals surface area contributed by atoms with Crippen LogP contribution in [-0.4, -0.2) is 22.7 Å². The van der Waals surface area contributed by atoms with Gasteiger partial charge in [0.2, 0.25) is 0 Å². The summed E-state index contributed by atoms with van der Waals surface area (Å²) in [6, 6.07) is 20.9. The van der Waals surface area contributed by atoms with E-state index in [1.807, 2.05) is 18.2 Å². The molecule has 41 heavy (non-hydrogen) atoms. The van der Waals surface area contributed by atoms with Crippen LogP contribution in [0.4, 0.5) is 4.39 Å². The third-order valence-corrected chi connectivity index (χ3v) is 9.14. The van der Waals surface area contributed by atoms with Crippen molar-refractivity contribution in [2.45, 2.75) is 70.6 Å². The van der Waals surface area contributed by atoms with E-state index in [-0.39, 0.29) is 6.67 Å². The predicted octanol–water partition coefficient (Wildman–Crippen LogP) is 9.31. The molecule has 3 aromatic carbocycles. The molecular weight excluding hydrogens is 513 g/mol. The van der Waals surface area contributed by atoms with Crippen molar-refractivity contribution < 1.29 is 18.7 Å². The minimum Gasteiger partial charge on any atom is -0.478 e. The maximum atomic E-state index is 12.4. The Morgan fingerprint density at radius 2 is 1.76 bits per heavy atom. The highest BCUT2D eigenvalue weighted by Crippen LogP contribution is 2.41. The lowest BCUT2D eigenvalue weighted by atomic mass is 9.86. The number of benzene rings is 3. The van der Waals surface area contributed by atoms with Crippen molar-refractivity contribution >= 4 is 28.2 Å². The number of aromatic carboxylic acids is 1. The van der Waals surface area contributed by atoms with Crippen molar-refractivity contribution in [3.8, 4) is 0 Å². The van der Waals surface area contributed by atoms with E-state index in [4.69, 9.17) is 4.42 Å². The highest BCUT2D eigenvalue weighted by Gasteiger charge is 2.25. The number of aromatic nitrogens is 1. The summed E-state index contributed by atoms with van der Waals surface area (Å²) in [6.07, 6.45) is 13.3. The zero-order chi connectivity index (χ0) is 28.2. The summed E-state index contributed by atoms with van der Waals surface area (Å²) < 4.78 is 17.9. The normalized spacial score (nSPS) is 19.0. The van der Waals surface area contributed by atoms with Crippen LogP contribution in [0.15, 0.2) is 71.5 Å². The number of carbonyl (C=O) groups is 1. The van der Waals surface area contributed by atoms with Crippen LogP contribution in [0, 0.1) is 11.8 Å². The van der Waals surface area contributed by atoms with Crippen LogP contribution < -0.4 is 0 Å². The first-order valence-corrected chi connectivity index (χ1v) is 15.2. The Bertz CT molecular complexity index is 1550. The van der Waals surface area contributed by atoms with Crippen molar-refractivity contribution in [3.05, 3.63) is 100 Å². The topological polar surface area (TPSA) is 63.3 Å². The van der Waals surface area contributed by atoms with E-state index >= 15 is 0 Å². The molecule has 4 aromatic rings. The number of hydrogen-bond acceptors (Lipinski definition) is 3. The molecule has 212 valence electrons. The van der Waals surface area contributed by atoms with E-state index in [1.165, 1.54) is 48.8 Å². The van der Waals surface area contributed by atoms with Gasteiger partial charge in [-0.1, -0.05) is 62.1 Å². The van der Waals surface area contributed by atoms with Crippen LogP contribution in [0.1, 0.15) is 96.0 Å². The molecule has 4 nitrogen and oxygen atoms in total. The van der Waals surface area contributed by atoms with Crippen molar-refractivity contribution in [1.29, 1.82) is 0 Å². The fourth-order valence-electron chi connectivity index (χ4n) is 7.06. The monoisotopic (exact) mass is 551 g/mol. The molecule has 5 heteroatoms.